The van der Waals surface area contributed by atoms with Gasteiger partial charge in [0.2, 0.25) is 0 Å². The molecule has 8 heteroatoms. The van der Waals surface area contributed by atoms with E-state index in [0.717, 1.165) is 83.5 Å². The lowest BCUT2D eigenvalue weighted by atomic mass is 9.99. The van der Waals surface area contributed by atoms with E-state index >= 15 is 0 Å². The van der Waals surface area contributed by atoms with Gasteiger partial charge in [-0.25, -0.2) is 0 Å². The maximum atomic E-state index is 4.61. The largest absolute Gasteiger partial charge is 0.305 e. The highest BCUT2D eigenvalue weighted by molar-refractivity contribution is 7.99. The van der Waals surface area contributed by atoms with Gasteiger partial charge < -0.3 is 9.47 Å². The van der Waals surface area contributed by atoms with E-state index in [2.05, 4.69) is 92.2 Å². The molecule has 0 bridgehead atoms. The topological polar surface area (TPSA) is 64.7 Å². The van der Waals surface area contributed by atoms with Crippen LogP contribution in [0, 0.1) is 13.8 Å². The monoisotopic (exact) mass is 537 g/mol. The van der Waals surface area contributed by atoms with Crippen LogP contribution in [-0.4, -0.2) is 59.8 Å². The van der Waals surface area contributed by atoms with Gasteiger partial charge >= 0.3 is 0 Å². The summed E-state index contributed by atoms with van der Waals surface area (Å²) in [7, 11) is 4.08. The normalized spacial score (nSPS) is 14.1. The van der Waals surface area contributed by atoms with Crippen LogP contribution in [0.4, 0.5) is 0 Å². The van der Waals surface area contributed by atoms with Crippen LogP contribution in [0.3, 0.4) is 0 Å². The number of rotatable bonds is 7. The molecule has 1 aliphatic heterocycles. The molecule has 0 amide bonds. The number of pyridine rings is 1. The molecule has 5 aromatic rings. The van der Waals surface area contributed by atoms with Gasteiger partial charge in [0.05, 0.1) is 16.9 Å². The lowest BCUT2D eigenvalue weighted by molar-refractivity contribution is 0.289. The molecule has 0 spiro atoms. The molecule has 0 saturated carbocycles. The molecule has 1 aliphatic rings. The first-order valence-corrected chi connectivity index (χ1v) is 14.7. The maximum absolute atomic E-state index is 4.61. The van der Waals surface area contributed by atoms with Gasteiger partial charge in [-0.15, -0.1) is 10.2 Å². The molecule has 0 aliphatic carbocycles. The minimum absolute atomic E-state index is 0.894. The number of fused-ring (bicyclic) bond motifs is 2. The van der Waals surface area contributed by atoms with E-state index in [0.29, 0.717) is 0 Å². The summed E-state index contributed by atoms with van der Waals surface area (Å²) >= 11 is 1.79. The molecule has 7 nitrogen and oxygen atoms in total. The summed E-state index contributed by atoms with van der Waals surface area (Å²) in [6.45, 7) is 7.40. The van der Waals surface area contributed by atoms with Gasteiger partial charge in [0.1, 0.15) is 0 Å². The molecular formula is C31H35N7S. The van der Waals surface area contributed by atoms with Crippen LogP contribution in [0.5, 0.6) is 0 Å². The summed E-state index contributed by atoms with van der Waals surface area (Å²) in [5.74, 6) is 1.92. The highest BCUT2D eigenvalue weighted by Crippen LogP contribution is 2.27. The zero-order valence-electron chi connectivity index (χ0n) is 23.2. The Labute approximate surface area is 234 Å². The minimum atomic E-state index is 0.894. The average Bonchev–Trinajstić information content (AvgIpc) is 3.39. The lowest BCUT2D eigenvalue weighted by Gasteiger charge is -2.19. The number of aryl methyl sites for hydroxylation is 3. The molecule has 0 atom stereocenters. The molecule has 0 fully saturated rings. The number of thioether (sulfide) groups is 1. The summed E-state index contributed by atoms with van der Waals surface area (Å²) in [4.78, 5) is 7.22. The van der Waals surface area contributed by atoms with E-state index in [1.165, 1.54) is 22.4 Å². The van der Waals surface area contributed by atoms with Crippen molar-refractivity contribution in [1.29, 1.82) is 0 Å². The molecule has 0 unspecified atom stereocenters. The van der Waals surface area contributed by atoms with Crippen LogP contribution >= 0.6 is 11.8 Å². The Hall–Kier alpha value is -3.49. The van der Waals surface area contributed by atoms with Crippen molar-refractivity contribution in [3.05, 3.63) is 77.1 Å². The van der Waals surface area contributed by atoms with Crippen molar-refractivity contribution in [2.45, 2.75) is 38.3 Å². The highest BCUT2D eigenvalue weighted by Gasteiger charge is 2.16. The van der Waals surface area contributed by atoms with Gasteiger partial charge in [0.15, 0.2) is 11.0 Å². The Bertz CT molecular complexity index is 1630. The van der Waals surface area contributed by atoms with Crippen molar-refractivity contribution >= 4 is 22.7 Å². The average molecular weight is 538 g/mol. The summed E-state index contributed by atoms with van der Waals surface area (Å²) in [5.41, 5.74) is 9.59. The van der Waals surface area contributed by atoms with Crippen LogP contribution in [0.1, 0.15) is 28.9 Å². The van der Waals surface area contributed by atoms with Gasteiger partial charge in [-0.05, 0) is 87.2 Å². The van der Waals surface area contributed by atoms with Gasteiger partial charge in [-0.2, -0.15) is 5.10 Å². The van der Waals surface area contributed by atoms with Crippen molar-refractivity contribution < 1.29 is 0 Å². The summed E-state index contributed by atoms with van der Waals surface area (Å²) in [6.07, 6.45) is 3.34. The number of hydrogen-bond acceptors (Lipinski definition) is 6. The Kier molecular flexibility index (Phi) is 7.23. The molecule has 2 aromatic carbocycles. The first-order chi connectivity index (χ1) is 18.9. The second-order valence-electron chi connectivity index (χ2n) is 10.5. The van der Waals surface area contributed by atoms with Gasteiger partial charge in [0, 0.05) is 55.1 Å². The zero-order chi connectivity index (χ0) is 26.9. The Morgan fingerprint density at radius 1 is 0.821 bits per heavy atom. The summed E-state index contributed by atoms with van der Waals surface area (Å²) in [5, 5.41) is 15.6. The summed E-state index contributed by atoms with van der Waals surface area (Å²) in [6, 6.07) is 19.6. The first-order valence-electron chi connectivity index (χ1n) is 13.7. The lowest BCUT2D eigenvalue weighted by Crippen LogP contribution is -2.27. The molecule has 0 saturated heterocycles. The van der Waals surface area contributed by atoms with E-state index in [1.807, 2.05) is 24.7 Å². The summed E-state index contributed by atoms with van der Waals surface area (Å²) < 4.78 is 4.09. The van der Waals surface area contributed by atoms with Gasteiger partial charge in [-0.3, -0.25) is 9.67 Å². The van der Waals surface area contributed by atoms with E-state index in [1.54, 1.807) is 11.8 Å². The number of nitrogens with zero attached hydrogens (tertiary/aromatic N) is 7. The smallest absolute Gasteiger partial charge is 0.191 e. The van der Waals surface area contributed by atoms with Crippen LogP contribution < -0.4 is 0 Å². The van der Waals surface area contributed by atoms with Gasteiger partial charge in [0.25, 0.3) is 0 Å². The van der Waals surface area contributed by atoms with Crippen LogP contribution in [-0.2, 0) is 26.9 Å². The highest BCUT2D eigenvalue weighted by atomic mass is 32.2. The molecule has 6 rings (SSSR count). The van der Waals surface area contributed by atoms with Crippen molar-refractivity contribution in [3.8, 4) is 22.6 Å². The minimum Gasteiger partial charge on any atom is -0.305 e. The second kappa shape index (κ2) is 10.9. The van der Waals surface area contributed by atoms with Gasteiger partial charge in [-0.1, -0.05) is 30.0 Å². The van der Waals surface area contributed by atoms with Crippen LogP contribution in [0.2, 0.25) is 0 Å². The standard InChI is InChI=1S/C31H35N7S/c1-21-6-7-25-20-27(10-11-28(25)32-21)30-33-34-31(36(30)3)39-17-5-14-38-15-12-23-8-9-26(19-24(23)13-16-38)29-18-22(2)35-37(29)4/h6-11,18-20H,5,12-17H2,1-4H3. The van der Waals surface area contributed by atoms with Crippen LogP contribution in [0.15, 0.2) is 59.8 Å². The zero-order valence-corrected chi connectivity index (χ0v) is 24.0. The van der Waals surface area contributed by atoms with Crippen LogP contribution in [0.25, 0.3) is 33.5 Å². The Balaban J connectivity index is 1.03. The van der Waals surface area contributed by atoms with Crippen molar-refractivity contribution in [2.24, 2.45) is 14.1 Å². The van der Waals surface area contributed by atoms with Crippen molar-refractivity contribution in [2.75, 3.05) is 25.4 Å². The third-order valence-corrected chi connectivity index (χ3v) is 8.78. The predicted octanol–water partition coefficient (Wildman–Crippen LogP) is 5.63. The Morgan fingerprint density at radius 3 is 2.46 bits per heavy atom. The fraction of sp³-hybridized carbons (Fsp3) is 0.355. The third kappa shape index (κ3) is 5.49. The molecule has 39 heavy (non-hydrogen) atoms. The van der Waals surface area contributed by atoms with E-state index < -0.39 is 0 Å². The molecule has 4 heterocycles. The third-order valence-electron chi connectivity index (χ3n) is 7.67. The molecular weight excluding hydrogens is 502 g/mol. The molecule has 0 radical (unpaired) electrons. The fourth-order valence-electron chi connectivity index (χ4n) is 5.55. The van der Waals surface area contributed by atoms with E-state index in [4.69, 9.17) is 0 Å². The number of benzene rings is 2. The fourth-order valence-corrected chi connectivity index (χ4v) is 6.38. The SMILES string of the molecule is Cc1ccc2cc(-c3nnc(SCCCN4CCc5ccc(-c6cc(C)nn6C)cc5CC4)n3C)ccc2n1. The van der Waals surface area contributed by atoms with E-state index in [9.17, 15) is 0 Å². The maximum Gasteiger partial charge on any atom is 0.191 e. The number of aromatic nitrogens is 6. The molecule has 0 N–H and O–H groups in total. The predicted molar refractivity (Wildman–Crippen MR) is 159 cm³/mol. The molecule has 200 valence electrons. The second-order valence-corrected chi connectivity index (χ2v) is 11.6. The van der Waals surface area contributed by atoms with E-state index in [-0.39, 0.29) is 0 Å². The first kappa shape index (κ1) is 25.8. The Morgan fingerprint density at radius 2 is 1.64 bits per heavy atom. The van der Waals surface area contributed by atoms with Crippen molar-refractivity contribution in [3.63, 3.8) is 0 Å². The quantitative estimate of drug-likeness (QED) is 0.198. The number of hydrogen-bond donors (Lipinski definition) is 0. The van der Waals surface area contributed by atoms with Crippen molar-refractivity contribution in [1.82, 2.24) is 34.4 Å². The molecule has 3 aromatic heterocycles.